The van der Waals surface area contributed by atoms with E-state index in [0.717, 1.165) is 55.6 Å². The molecule has 0 spiro atoms. The van der Waals surface area contributed by atoms with Crippen molar-refractivity contribution in [1.29, 1.82) is 0 Å². The molecular weight excluding hydrogens is 493 g/mol. The molecule has 1 fully saturated rings. The molecule has 0 atom stereocenters. The van der Waals surface area contributed by atoms with Crippen LogP contribution in [-0.4, -0.2) is 45.4 Å². The third-order valence-corrected chi connectivity index (χ3v) is 5.39. The average Bonchev–Trinajstić information content (AvgIpc) is 3.20. The van der Waals surface area contributed by atoms with Gasteiger partial charge in [0.05, 0.1) is 0 Å². The van der Waals surface area contributed by atoms with Gasteiger partial charge in [0.1, 0.15) is 18.3 Å². The van der Waals surface area contributed by atoms with E-state index in [4.69, 9.17) is 4.74 Å². The Bertz CT molecular complexity index is 787. The van der Waals surface area contributed by atoms with Crippen LogP contribution >= 0.6 is 24.0 Å². The highest BCUT2D eigenvalue weighted by molar-refractivity contribution is 14.0. The largest absolute Gasteiger partial charge is 0.474 e. The topological polar surface area (TPSA) is 89.2 Å². The SMILES string of the molecule is CCc1nncn1CCNC(=NC)NCc1ccnc(OC2CCC(C)CC2)c1.I. The van der Waals surface area contributed by atoms with Gasteiger partial charge in [-0.15, -0.1) is 34.2 Å². The van der Waals surface area contributed by atoms with Gasteiger partial charge in [-0.3, -0.25) is 4.99 Å². The minimum absolute atomic E-state index is 0. The lowest BCUT2D eigenvalue weighted by atomic mass is 9.89. The van der Waals surface area contributed by atoms with Crippen LogP contribution in [0, 0.1) is 5.92 Å². The quantitative estimate of drug-likeness (QED) is 0.312. The number of hydrogen-bond acceptors (Lipinski definition) is 5. The molecule has 0 saturated heterocycles. The van der Waals surface area contributed by atoms with Crippen LogP contribution in [0.4, 0.5) is 0 Å². The van der Waals surface area contributed by atoms with E-state index in [2.05, 4.69) is 49.2 Å². The molecule has 30 heavy (non-hydrogen) atoms. The van der Waals surface area contributed by atoms with Gasteiger partial charge >= 0.3 is 0 Å². The zero-order chi connectivity index (χ0) is 20.5. The van der Waals surface area contributed by atoms with E-state index < -0.39 is 0 Å². The lowest BCUT2D eigenvalue weighted by Crippen LogP contribution is -2.38. The number of ether oxygens (including phenoxy) is 1. The monoisotopic (exact) mass is 527 g/mol. The Labute approximate surface area is 196 Å². The van der Waals surface area contributed by atoms with Gasteiger partial charge in [-0.2, -0.15) is 0 Å². The van der Waals surface area contributed by atoms with Gasteiger partial charge in [0, 0.05) is 45.4 Å². The summed E-state index contributed by atoms with van der Waals surface area (Å²) in [5.74, 6) is 3.28. The molecule has 166 valence electrons. The molecule has 3 rings (SSSR count). The molecule has 1 saturated carbocycles. The van der Waals surface area contributed by atoms with Crippen LogP contribution in [0.3, 0.4) is 0 Å². The fraction of sp³-hybridized carbons (Fsp3) is 0.619. The van der Waals surface area contributed by atoms with Crippen LogP contribution in [0.5, 0.6) is 5.88 Å². The van der Waals surface area contributed by atoms with Crippen LogP contribution in [0.1, 0.15) is 50.9 Å². The molecule has 2 aromatic rings. The highest BCUT2D eigenvalue weighted by Crippen LogP contribution is 2.26. The summed E-state index contributed by atoms with van der Waals surface area (Å²) in [7, 11) is 1.77. The Hall–Kier alpha value is -1.91. The molecule has 8 nitrogen and oxygen atoms in total. The predicted octanol–water partition coefficient (Wildman–Crippen LogP) is 3.18. The normalized spacial score (nSPS) is 19.1. The van der Waals surface area contributed by atoms with Gasteiger partial charge in [0.2, 0.25) is 5.88 Å². The zero-order valence-electron chi connectivity index (χ0n) is 18.2. The summed E-state index contributed by atoms with van der Waals surface area (Å²) in [6.07, 6.45) is 9.46. The minimum Gasteiger partial charge on any atom is -0.474 e. The van der Waals surface area contributed by atoms with Crippen molar-refractivity contribution in [1.82, 2.24) is 30.4 Å². The summed E-state index contributed by atoms with van der Waals surface area (Å²) in [6.45, 7) is 6.60. The molecule has 2 heterocycles. The molecule has 0 aromatic carbocycles. The number of guanidine groups is 1. The summed E-state index contributed by atoms with van der Waals surface area (Å²) in [6, 6.07) is 4.02. The van der Waals surface area contributed by atoms with E-state index >= 15 is 0 Å². The van der Waals surface area contributed by atoms with Crippen molar-refractivity contribution in [2.75, 3.05) is 13.6 Å². The number of nitrogens with one attached hydrogen (secondary N) is 2. The molecule has 0 bridgehead atoms. The Morgan fingerprint density at radius 1 is 1.27 bits per heavy atom. The Morgan fingerprint density at radius 3 is 2.80 bits per heavy atom. The molecule has 2 N–H and O–H groups in total. The Kier molecular flexibility index (Phi) is 10.3. The predicted molar refractivity (Wildman–Crippen MR) is 129 cm³/mol. The first-order valence-electron chi connectivity index (χ1n) is 10.6. The maximum atomic E-state index is 6.11. The summed E-state index contributed by atoms with van der Waals surface area (Å²) in [5, 5.41) is 14.7. The molecule has 2 aromatic heterocycles. The third kappa shape index (κ3) is 7.41. The van der Waals surface area contributed by atoms with Crippen molar-refractivity contribution in [3.63, 3.8) is 0 Å². The number of halogens is 1. The molecule has 1 aliphatic rings. The maximum absolute atomic E-state index is 6.11. The summed E-state index contributed by atoms with van der Waals surface area (Å²) in [4.78, 5) is 8.68. The highest BCUT2D eigenvalue weighted by Gasteiger charge is 2.19. The minimum atomic E-state index is 0. The summed E-state index contributed by atoms with van der Waals surface area (Å²) in [5.41, 5.74) is 1.12. The van der Waals surface area contributed by atoms with E-state index in [1.54, 1.807) is 13.4 Å². The van der Waals surface area contributed by atoms with Crippen molar-refractivity contribution in [3.8, 4) is 5.88 Å². The highest BCUT2D eigenvalue weighted by atomic mass is 127. The van der Waals surface area contributed by atoms with Crippen molar-refractivity contribution < 1.29 is 4.74 Å². The van der Waals surface area contributed by atoms with Crippen molar-refractivity contribution >= 4 is 29.9 Å². The third-order valence-electron chi connectivity index (χ3n) is 5.39. The maximum Gasteiger partial charge on any atom is 0.213 e. The molecule has 0 amide bonds. The Morgan fingerprint density at radius 2 is 2.07 bits per heavy atom. The van der Waals surface area contributed by atoms with Crippen LogP contribution in [0.15, 0.2) is 29.6 Å². The fourth-order valence-electron chi connectivity index (χ4n) is 3.58. The smallest absolute Gasteiger partial charge is 0.213 e. The first-order chi connectivity index (χ1) is 14.2. The van der Waals surface area contributed by atoms with E-state index in [9.17, 15) is 0 Å². The van der Waals surface area contributed by atoms with Gasteiger partial charge in [-0.05, 0) is 43.2 Å². The Balaban J connectivity index is 0.00000320. The van der Waals surface area contributed by atoms with Crippen molar-refractivity contribution in [2.45, 2.75) is 65.1 Å². The molecule has 1 aliphatic carbocycles. The second-order valence-corrected chi connectivity index (χ2v) is 7.65. The molecule has 0 radical (unpaired) electrons. The van der Waals surface area contributed by atoms with Crippen LogP contribution in [-0.2, 0) is 19.5 Å². The second kappa shape index (κ2) is 12.7. The van der Waals surface area contributed by atoms with Gasteiger partial charge in [0.25, 0.3) is 0 Å². The van der Waals surface area contributed by atoms with E-state index in [0.29, 0.717) is 18.5 Å². The zero-order valence-corrected chi connectivity index (χ0v) is 20.5. The number of pyridine rings is 1. The van der Waals surface area contributed by atoms with E-state index in [1.165, 1.54) is 12.8 Å². The van der Waals surface area contributed by atoms with Crippen LogP contribution in [0.2, 0.25) is 0 Å². The number of aromatic nitrogens is 4. The average molecular weight is 527 g/mol. The van der Waals surface area contributed by atoms with E-state index in [1.807, 2.05) is 18.3 Å². The van der Waals surface area contributed by atoms with Gasteiger partial charge in [-0.1, -0.05) is 13.8 Å². The molecule has 9 heteroatoms. The van der Waals surface area contributed by atoms with Crippen molar-refractivity contribution in [3.05, 3.63) is 36.0 Å². The standard InChI is InChI=1S/C21H33N7O.HI/c1-4-19-27-26-15-28(19)12-11-24-21(22-3)25-14-17-9-10-23-20(13-17)29-18-7-5-16(2)6-8-18;/h9-10,13,15-16,18H,4-8,11-12,14H2,1-3H3,(H2,22,24,25);1H. The number of aliphatic imine (C=N–C) groups is 1. The number of nitrogens with zero attached hydrogens (tertiary/aromatic N) is 5. The van der Waals surface area contributed by atoms with Gasteiger partial charge < -0.3 is 19.9 Å². The molecular formula is C21H34IN7O. The summed E-state index contributed by atoms with van der Waals surface area (Å²) < 4.78 is 8.16. The number of rotatable bonds is 8. The number of aryl methyl sites for hydroxylation is 1. The summed E-state index contributed by atoms with van der Waals surface area (Å²) >= 11 is 0. The lowest BCUT2D eigenvalue weighted by Gasteiger charge is -2.26. The molecule has 0 unspecified atom stereocenters. The van der Waals surface area contributed by atoms with E-state index in [-0.39, 0.29) is 24.0 Å². The number of hydrogen-bond donors (Lipinski definition) is 2. The van der Waals surface area contributed by atoms with Crippen LogP contribution < -0.4 is 15.4 Å². The first-order valence-corrected chi connectivity index (χ1v) is 10.6. The van der Waals surface area contributed by atoms with Crippen LogP contribution in [0.25, 0.3) is 0 Å². The second-order valence-electron chi connectivity index (χ2n) is 7.65. The lowest BCUT2D eigenvalue weighted by molar-refractivity contribution is 0.130. The fourth-order valence-corrected chi connectivity index (χ4v) is 3.58. The van der Waals surface area contributed by atoms with Gasteiger partial charge in [0.15, 0.2) is 5.96 Å². The van der Waals surface area contributed by atoms with Gasteiger partial charge in [-0.25, -0.2) is 4.98 Å². The van der Waals surface area contributed by atoms with Crippen molar-refractivity contribution in [2.24, 2.45) is 10.9 Å². The first kappa shape index (κ1) is 24.4. The molecule has 0 aliphatic heterocycles.